The Morgan fingerprint density at radius 3 is 3.08 bits per heavy atom. The molecule has 0 saturated heterocycles. The molecule has 0 aliphatic heterocycles. The third-order valence-electron chi connectivity index (χ3n) is 1.66. The first-order valence-electron chi connectivity index (χ1n) is 3.60. The lowest BCUT2D eigenvalue weighted by Gasteiger charge is -1.97. The summed E-state index contributed by atoms with van der Waals surface area (Å²) in [6.45, 7) is 0. The van der Waals surface area contributed by atoms with Crippen LogP contribution >= 0.6 is 23.3 Å². The van der Waals surface area contributed by atoms with Crippen molar-refractivity contribution in [2.75, 3.05) is 7.11 Å². The highest BCUT2D eigenvalue weighted by atomic mass is 32.2. The zero-order valence-electron chi connectivity index (χ0n) is 6.85. The Morgan fingerprint density at radius 1 is 1.54 bits per heavy atom. The van der Waals surface area contributed by atoms with Crippen molar-refractivity contribution in [2.24, 2.45) is 0 Å². The molecule has 1 aromatic carbocycles. The van der Waals surface area contributed by atoms with Gasteiger partial charge in [-0.05, 0) is 12.1 Å². The van der Waals surface area contributed by atoms with Crippen molar-refractivity contribution in [3.63, 3.8) is 0 Å². The van der Waals surface area contributed by atoms with Crippen molar-refractivity contribution < 1.29 is 4.74 Å². The number of para-hydroxylation sites is 1. The Kier molecular flexibility index (Phi) is 2.39. The van der Waals surface area contributed by atoms with E-state index in [4.69, 9.17) is 9.88 Å². The van der Waals surface area contributed by atoms with Gasteiger partial charge in [0.05, 0.1) is 11.8 Å². The van der Waals surface area contributed by atoms with Crippen LogP contribution in [-0.4, -0.2) is 12.1 Å². The molecule has 0 spiro atoms. The summed E-state index contributed by atoms with van der Waals surface area (Å²) in [6.07, 6.45) is 0. The fourth-order valence-electron chi connectivity index (χ4n) is 1.11. The molecule has 2 rings (SSSR count). The van der Waals surface area contributed by atoms with Gasteiger partial charge in [-0.25, -0.2) is 4.98 Å². The van der Waals surface area contributed by atoms with E-state index in [0.717, 1.165) is 16.0 Å². The van der Waals surface area contributed by atoms with E-state index in [1.165, 1.54) is 11.3 Å². The molecule has 3 nitrogen and oxygen atoms in total. The molecule has 0 unspecified atom stereocenters. The number of rotatable bonds is 2. The summed E-state index contributed by atoms with van der Waals surface area (Å²) in [6, 6.07) is 5.72. The molecular formula is C8H6N2OS2. The summed E-state index contributed by atoms with van der Waals surface area (Å²) >= 11 is 2.11. The van der Waals surface area contributed by atoms with E-state index >= 15 is 0 Å². The second-order valence-electron chi connectivity index (χ2n) is 2.38. The average molecular weight is 210 g/mol. The molecular weight excluding hydrogens is 204 g/mol. The summed E-state index contributed by atoms with van der Waals surface area (Å²) in [7, 11) is 1.61. The molecule has 0 atom stereocenters. The number of benzene rings is 1. The lowest BCUT2D eigenvalue weighted by Crippen LogP contribution is -1.83. The van der Waals surface area contributed by atoms with Crippen molar-refractivity contribution in [3.05, 3.63) is 18.2 Å². The molecule has 66 valence electrons. The van der Waals surface area contributed by atoms with E-state index in [-0.39, 0.29) is 0 Å². The van der Waals surface area contributed by atoms with E-state index in [1.54, 1.807) is 7.11 Å². The number of nitrogens with zero attached hydrogens (tertiary/aromatic N) is 2. The van der Waals surface area contributed by atoms with Gasteiger partial charge in [-0.3, -0.25) is 0 Å². The Bertz CT molecular complexity index is 427. The third-order valence-corrected chi connectivity index (χ3v) is 3.20. The first-order valence-corrected chi connectivity index (χ1v) is 5.19. The zero-order chi connectivity index (χ0) is 9.26. The van der Waals surface area contributed by atoms with Gasteiger partial charge >= 0.3 is 0 Å². The van der Waals surface area contributed by atoms with Crippen LogP contribution in [0.15, 0.2) is 22.5 Å². The maximum absolute atomic E-state index is 8.83. The highest BCUT2D eigenvalue weighted by Gasteiger charge is 2.07. The van der Waals surface area contributed by atoms with Crippen LogP contribution in [0.1, 0.15) is 0 Å². The Balaban J connectivity index is 2.67. The van der Waals surface area contributed by atoms with Crippen LogP contribution in [0, 0.1) is 0 Å². The van der Waals surface area contributed by atoms with Gasteiger partial charge < -0.3 is 4.74 Å². The van der Waals surface area contributed by atoms with Gasteiger partial charge in [-0.1, -0.05) is 11.2 Å². The Morgan fingerprint density at radius 2 is 2.38 bits per heavy atom. The van der Waals surface area contributed by atoms with E-state index in [2.05, 4.69) is 4.98 Å². The number of methoxy groups -OCH3 is 1. The van der Waals surface area contributed by atoms with Crippen molar-refractivity contribution in [1.29, 1.82) is 0 Å². The summed E-state index contributed by atoms with van der Waals surface area (Å²) in [5, 5.41) is 8.83. The summed E-state index contributed by atoms with van der Waals surface area (Å²) < 4.78 is 6.80. The number of fused-ring (bicyclic) bond motifs is 1. The number of ether oxygens (including phenoxy) is 1. The van der Waals surface area contributed by atoms with Gasteiger partial charge in [0.15, 0.2) is 4.34 Å². The standard InChI is InChI=1S/C8H6N2OS2/c1-11-5-3-2-4-6-7(5)10-8(12-6)13-9/h2-4H,1H3. The van der Waals surface area contributed by atoms with Gasteiger partial charge in [0, 0.05) is 11.9 Å². The van der Waals surface area contributed by atoms with Gasteiger partial charge in [-0.2, -0.15) is 0 Å². The number of hydrogen-bond donors (Lipinski definition) is 0. The minimum Gasteiger partial charge on any atom is -0.494 e. The molecule has 0 bridgehead atoms. The molecule has 2 radical (unpaired) electrons. The molecule has 2 aromatic rings. The van der Waals surface area contributed by atoms with Crippen LogP contribution in [0.3, 0.4) is 0 Å². The second kappa shape index (κ2) is 3.53. The fourth-order valence-corrected chi connectivity index (χ4v) is 2.37. The average Bonchev–Trinajstić information content (AvgIpc) is 2.59. The smallest absolute Gasteiger partial charge is 0.169 e. The molecule has 13 heavy (non-hydrogen) atoms. The van der Waals surface area contributed by atoms with Crippen LogP contribution in [-0.2, 0) is 0 Å². The lowest BCUT2D eigenvalue weighted by atomic mass is 10.3. The summed E-state index contributed by atoms with van der Waals surface area (Å²) in [5.74, 6) is 0.744. The Labute approximate surface area is 84.0 Å². The third kappa shape index (κ3) is 1.50. The predicted octanol–water partition coefficient (Wildman–Crippen LogP) is 2.38. The van der Waals surface area contributed by atoms with Crippen molar-refractivity contribution >= 4 is 33.5 Å². The minimum atomic E-state index is 0.638. The van der Waals surface area contributed by atoms with Crippen molar-refractivity contribution in [2.45, 2.75) is 4.34 Å². The zero-order valence-corrected chi connectivity index (χ0v) is 8.48. The van der Waals surface area contributed by atoms with Crippen molar-refractivity contribution in [1.82, 2.24) is 10.1 Å². The second-order valence-corrected chi connectivity index (χ2v) is 4.24. The first kappa shape index (κ1) is 8.80. The highest BCUT2D eigenvalue weighted by Crippen LogP contribution is 2.32. The highest BCUT2D eigenvalue weighted by molar-refractivity contribution is 7.98. The number of aromatic nitrogens is 1. The molecule has 0 aliphatic carbocycles. The maximum atomic E-state index is 8.83. The van der Waals surface area contributed by atoms with E-state index in [9.17, 15) is 0 Å². The van der Waals surface area contributed by atoms with E-state index in [0.29, 0.717) is 16.3 Å². The quantitative estimate of drug-likeness (QED) is 0.715. The van der Waals surface area contributed by atoms with Crippen LogP contribution in [0.2, 0.25) is 0 Å². The van der Waals surface area contributed by atoms with Gasteiger partial charge in [0.2, 0.25) is 0 Å². The van der Waals surface area contributed by atoms with Crippen LogP contribution in [0.5, 0.6) is 5.75 Å². The monoisotopic (exact) mass is 210 g/mol. The van der Waals surface area contributed by atoms with E-state index < -0.39 is 0 Å². The molecule has 0 N–H and O–H groups in total. The molecule has 5 heteroatoms. The molecule has 0 amide bonds. The largest absolute Gasteiger partial charge is 0.494 e. The molecule has 0 fully saturated rings. The normalized spacial score (nSPS) is 10.6. The molecule has 1 heterocycles. The molecule has 0 saturated carbocycles. The summed E-state index contributed by atoms with van der Waals surface area (Å²) in [4.78, 5) is 4.21. The van der Waals surface area contributed by atoms with E-state index in [1.807, 2.05) is 18.2 Å². The van der Waals surface area contributed by atoms with Gasteiger partial charge in [0.1, 0.15) is 11.3 Å². The van der Waals surface area contributed by atoms with Gasteiger partial charge in [-0.15, -0.1) is 11.3 Å². The molecule has 1 aromatic heterocycles. The molecule has 0 aliphatic rings. The van der Waals surface area contributed by atoms with Crippen LogP contribution in [0.4, 0.5) is 0 Å². The number of hydrogen-bond acceptors (Lipinski definition) is 4. The van der Waals surface area contributed by atoms with Crippen LogP contribution < -0.4 is 9.88 Å². The van der Waals surface area contributed by atoms with Crippen molar-refractivity contribution in [3.8, 4) is 5.75 Å². The predicted molar refractivity (Wildman–Crippen MR) is 54.2 cm³/mol. The maximum Gasteiger partial charge on any atom is 0.169 e. The first-order chi connectivity index (χ1) is 6.35. The van der Waals surface area contributed by atoms with Crippen LogP contribution in [0.25, 0.3) is 10.2 Å². The topological polar surface area (TPSA) is 44.4 Å². The SMILES string of the molecule is COc1cccc2sc(S[N])nc12. The fraction of sp³-hybridized carbons (Fsp3) is 0.125. The summed E-state index contributed by atoms with van der Waals surface area (Å²) in [5.41, 5.74) is 0.812. The minimum absolute atomic E-state index is 0.638. The van der Waals surface area contributed by atoms with Gasteiger partial charge in [0.25, 0.3) is 0 Å². The number of thiazole rings is 1. The Hall–Kier alpha value is -0.780. The lowest BCUT2D eigenvalue weighted by molar-refractivity contribution is 0.419.